The molecule has 1 fully saturated rings. The normalized spacial score (nSPS) is 13.8. The highest BCUT2D eigenvalue weighted by atomic mass is 79.9. The van der Waals surface area contributed by atoms with Crippen LogP contribution in [0.1, 0.15) is 6.42 Å². The van der Waals surface area contributed by atoms with Crippen LogP contribution in [0.3, 0.4) is 0 Å². The lowest BCUT2D eigenvalue weighted by Crippen LogP contribution is -2.48. The molecule has 102 valence electrons. The number of carbonyl (C=O) groups excluding carboxylic acids is 1. The summed E-state index contributed by atoms with van der Waals surface area (Å²) in [6.07, 6.45) is 3.72. The number of amides is 1. The fourth-order valence-electron chi connectivity index (χ4n) is 1.46. The zero-order chi connectivity index (χ0) is 13.7. The van der Waals surface area contributed by atoms with Gasteiger partial charge < -0.3 is 15.1 Å². The molecule has 0 radical (unpaired) electrons. The van der Waals surface area contributed by atoms with E-state index in [9.17, 15) is 4.79 Å². The van der Waals surface area contributed by atoms with Crippen molar-refractivity contribution in [3.05, 3.63) is 16.9 Å². The number of nitrogens with zero attached hydrogens (tertiary/aromatic N) is 4. The molecule has 0 aliphatic carbocycles. The summed E-state index contributed by atoms with van der Waals surface area (Å²) in [7, 11) is 1.59. The van der Waals surface area contributed by atoms with Crippen LogP contribution in [0.4, 0.5) is 5.95 Å². The van der Waals surface area contributed by atoms with Gasteiger partial charge in [0.25, 0.3) is 0 Å². The van der Waals surface area contributed by atoms with E-state index in [1.165, 1.54) is 0 Å². The quantitative estimate of drug-likeness (QED) is 0.631. The average Bonchev–Trinajstić information content (AvgIpc) is 2.37. The highest BCUT2D eigenvalue weighted by molar-refractivity contribution is 9.10. The summed E-state index contributed by atoms with van der Waals surface area (Å²) in [5.41, 5.74) is 0.920. The Morgan fingerprint density at radius 2 is 2.21 bits per heavy atom. The van der Waals surface area contributed by atoms with Crippen LogP contribution in [0, 0.1) is 0 Å². The minimum Gasteiger partial charge on any atom is -0.395 e. The largest absolute Gasteiger partial charge is 0.395 e. The first-order valence-electron chi connectivity index (χ1n) is 5.80. The van der Waals surface area contributed by atoms with Crippen LogP contribution in [0.15, 0.2) is 22.0 Å². The van der Waals surface area contributed by atoms with Gasteiger partial charge in [0.2, 0.25) is 11.9 Å². The van der Waals surface area contributed by atoms with Crippen molar-refractivity contribution in [1.82, 2.24) is 15.3 Å². The SMILES string of the molecule is CNC(=O)CCON=C1CN(c2ncc(Br)cn2)C1. The predicted molar refractivity (Wildman–Crippen MR) is 74.0 cm³/mol. The van der Waals surface area contributed by atoms with Crippen LogP contribution in [0.25, 0.3) is 0 Å². The number of aromatic nitrogens is 2. The molecule has 1 aromatic heterocycles. The van der Waals surface area contributed by atoms with Gasteiger partial charge in [0.15, 0.2) is 0 Å². The number of rotatable bonds is 5. The number of anilines is 1. The van der Waals surface area contributed by atoms with Crippen LogP contribution in [0.5, 0.6) is 0 Å². The van der Waals surface area contributed by atoms with Gasteiger partial charge in [-0.2, -0.15) is 0 Å². The molecule has 8 heteroatoms. The average molecular weight is 328 g/mol. The maximum absolute atomic E-state index is 10.9. The molecule has 0 aromatic carbocycles. The number of nitrogens with one attached hydrogen (secondary N) is 1. The third-order valence-electron chi connectivity index (χ3n) is 2.53. The van der Waals surface area contributed by atoms with Gasteiger partial charge in [0, 0.05) is 19.4 Å². The van der Waals surface area contributed by atoms with Crippen molar-refractivity contribution in [2.24, 2.45) is 5.16 Å². The van der Waals surface area contributed by atoms with Gasteiger partial charge in [-0.15, -0.1) is 0 Å². The Bertz CT molecular complexity index is 468. The Morgan fingerprint density at radius 1 is 1.53 bits per heavy atom. The fourth-order valence-corrected chi connectivity index (χ4v) is 1.67. The second kappa shape index (κ2) is 6.46. The molecule has 1 aliphatic heterocycles. The highest BCUT2D eigenvalue weighted by Crippen LogP contribution is 2.15. The van der Waals surface area contributed by atoms with E-state index in [4.69, 9.17) is 4.84 Å². The topological polar surface area (TPSA) is 79.7 Å². The molecule has 0 spiro atoms. The van der Waals surface area contributed by atoms with Crippen LogP contribution in [-0.2, 0) is 9.63 Å². The zero-order valence-corrected chi connectivity index (χ0v) is 12.1. The molecule has 2 rings (SSSR count). The zero-order valence-electron chi connectivity index (χ0n) is 10.5. The predicted octanol–water partition coefficient (Wildman–Crippen LogP) is 0.568. The summed E-state index contributed by atoms with van der Waals surface area (Å²) in [5, 5.41) is 6.48. The van der Waals surface area contributed by atoms with Crippen molar-refractivity contribution in [3.63, 3.8) is 0 Å². The van der Waals surface area contributed by atoms with E-state index in [-0.39, 0.29) is 12.5 Å². The molecule has 2 heterocycles. The molecule has 1 aliphatic rings. The highest BCUT2D eigenvalue weighted by Gasteiger charge is 2.24. The number of hydrogen-bond acceptors (Lipinski definition) is 6. The van der Waals surface area contributed by atoms with Crippen molar-refractivity contribution in [2.75, 3.05) is 31.6 Å². The van der Waals surface area contributed by atoms with Crippen molar-refractivity contribution >= 4 is 33.5 Å². The van der Waals surface area contributed by atoms with Gasteiger partial charge >= 0.3 is 0 Å². The number of carbonyl (C=O) groups is 1. The Labute approximate surface area is 119 Å². The van der Waals surface area contributed by atoms with Crippen LogP contribution >= 0.6 is 15.9 Å². The van der Waals surface area contributed by atoms with E-state index in [0.29, 0.717) is 25.5 Å². The van der Waals surface area contributed by atoms with E-state index in [1.54, 1.807) is 19.4 Å². The molecule has 19 heavy (non-hydrogen) atoms. The van der Waals surface area contributed by atoms with Crippen LogP contribution < -0.4 is 10.2 Å². The first kappa shape index (κ1) is 13.7. The molecule has 0 unspecified atom stereocenters. The number of oxime groups is 1. The molecule has 1 aromatic rings. The van der Waals surface area contributed by atoms with E-state index < -0.39 is 0 Å². The Morgan fingerprint density at radius 3 is 2.84 bits per heavy atom. The maximum Gasteiger partial charge on any atom is 0.226 e. The molecule has 0 saturated carbocycles. The molecule has 7 nitrogen and oxygen atoms in total. The van der Waals surface area contributed by atoms with Gasteiger partial charge in [0.1, 0.15) is 6.61 Å². The van der Waals surface area contributed by atoms with Crippen LogP contribution in [-0.4, -0.2) is 48.3 Å². The summed E-state index contributed by atoms with van der Waals surface area (Å²) in [6.45, 7) is 1.60. The van der Waals surface area contributed by atoms with E-state index in [2.05, 4.69) is 36.4 Å². The maximum atomic E-state index is 10.9. The van der Waals surface area contributed by atoms with E-state index in [0.717, 1.165) is 10.2 Å². The summed E-state index contributed by atoms with van der Waals surface area (Å²) < 4.78 is 0.850. The summed E-state index contributed by atoms with van der Waals surface area (Å²) in [4.78, 5) is 26.4. The minimum atomic E-state index is -0.0568. The van der Waals surface area contributed by atoms with Crippen molar-refractivity contribution < 1.29 is 9.63 Å². The van der Waals surface area contributed by atoms with Gasteiger partial charge in [-0.3, -0.25) is 4.79 Å². The summed E-state index contributed by atoms with van der Waals surface area (Å²) in [6, 6.07) is 0. The molecule has 1 N–H and O–H groups in total. The lowest BCUT2D eigenvalue weighted by molar-refractivity contribution is -0.121. The van der Waals surface area contributed by atoms with Gasteiger partial charge in [-0.1, -0.05) is 5.16 Å². The summed E-state index contributed by atoms with van der Waals surface area (Å²) >= 11 is 3.29. The van der Waals surface area contributed by atoms with Gasteiger partial charge in [-0.25, -0.2) is 9.97 Å². The Hall–Kier alpha value is -1.70. The van der Waals surface area contributed by atoms with E-state index in [1.807, 2.05) is 4.90 Å². The minimum absolute atomic E-state index is 0.0568. The number of halogens is 1. The van der Waals surface area contributed by atoms with E-state index >= 15 is 0 Å². The smallest absolute Gasteiger partial charge is 0.226 e. The first-order chi connectivity index (χ1) is 9.19. The molecule has 0 atom stereocenters. The first-order valence-corrected chi connectivity index (χ1v) is 6.59. The van der Waals surface area contributed by atoms with Crippen LogP contribution in [0.2, 0.25) is 0 Å². The molecule has 0 bridgehead atoms. The molecule has 1 amide bonds. The molecular formula is C11H14BrN5O2. The third-order valence-corrected chi connectivity index (χ3v) is 2.94. The molecular weight excluding hydrogens is 314 g/mol. The Kier molecular flexibility index (Phi) is 4.67. The second-order valence-electron chi connectivity index (χ2n) is 3.97. The van der Waals surface area contributed by atoms with Crippen molar-refractivity contribution in [2.45, 2.75) is 6.42 Å². The monoisotopic (exact) mass is 327 g/mol. The van der Waals surface area contributed by atoms with Crippen molar-refractivity contribution in [3.8, 4) is 0 Å². The lowest BCUT2D eigenvalue weighted by atomic mass is 10.2. The van der Waals surface area contributed by atoms with Gasteiger partial charge in [-0.05, 0) is 15.9 Å². The third kappa shape index (κ3) is 3.88. The standard InChI is InChI=1S/C11H14BrN5O2/c1-13-10(18)2-3-19-16-9-6-17(7-9)11-14-4-8(12)5-15-11/h4-5H,2-3,6-7H2,1H3,(H,13,18). The lowest BCUT2D eigenvalue weighted by Gasteiger charge is -2.31. The van der Waals surface area contributed by atoms with Crippen molar-refractivity contribution in [1.29, 1.82) is 0 Å². The fraction of sp³-hybridized carbons (Fsp3) is 0.455. The Balaban J connectivity index is 1.71. The number of hydrogen-bond donors (Lipinski definition) is 1. The second-order valence-corrected chi connectivity index (χ2v) is 4.89. The van der Waals surface area contributed by atoms with Gasteiger partial charge in [0.05, 0.1) is 29.7 Å². The molecule has 1 saturated heterocycles. The summed E-state index contributed by atoms with van der Waals surface area (Å²) in [5.74, 6) is 0.617.